The van der Waals surface area contributed by atoms with Crippen LogP contribution in [0.2, 0.25) is 0 Å². The van der Waals surface area contributed by atoms with Crippen molar-refractivity contribution in [3.05, 3.63) is 48.3 Å². The first-order chi connectivity index (χ1) is 8.83. The van der Waals surface area contributed by atoms with E-state index in [-0.39, 0.29) is 11.9 Å². The lowest BCUT2D eigenvalue weighted by Gasteiger charge is -2.21. The van der Waals surface area contributed by atoms with Gasteiger partial charge in [0.25, 0.3) is 0 Å². The number of rotatable bonds is 2. The van der Waals surface area contributed by atoms with Gasteiger partial charge in [0.2, 0.25) is 0 Å². The van der Waals surface area contributed by atoms with Crippen molar-refractivity contribution in [1.29, 1.82) is 0 Å². The monoisotopic (exact) mass is 247 g/mol. The Morgan fingerprint density at radius 2 is 2.17 bits per heavy atom. The molecule has 0 amide bonds. The van der Waals surface area contributed by atoms with Gasteiger partial charge in [-0.1, -0.05) is 0 Å². The van der Waals surface area contributed by atoms with Crippen LogP contribution < -0.4 is 5.32 Å². The molecule has 1 aliphatic rings. The molecule has 3 rings (SSSR count). The average Bonchev–Trinajstić information content (AvgIpc) is 2.90. The van der Waals surface area contributed by atoms with Gasteiger partial charge in [-0.2, -0.15) is 0 Å². The number of hydrogen-bond acceptors (Lipinski definition) is 3. The fraction of sp³-hybridized carbons (Fsp3) is 0.308. The average molecular weight is 247 g/mol. The van der Waals surface area contributed by atoms with Gasteiger partial charge >= 0.3 is 0 Å². The second-order valence-corrected chi connectivity index (χ2v) is 4.25. The van der Waals surface area contributed by atoms with Gasteiger partial charge < -0.3 is 14.6 Å². The van der Waals surface area contributed by atoms with E-state index >= 15 is 0 Å². The molecule has 2 aromatic rings. The quantitative estimate of drug-likeness (QED) is 0.877. The summed E-state index contributed by atoms with van der Waals surface area (Å²) in [5.74, 6) is -0.237. The summed E-state index contributed by atoms with van der Waals surface area (Å²) in [6, 6.07) is 6.32. The molecule has 4 nitrogen and oxygen atoms in total. The van der Waals surface area contributed by atoms with Crippen LogP contribution in [-0.2, 0) is 4.74 Å². The first-order valence-corrected chi connectivity index (χ1v) is 5.95. The van der Waals surface area contributed by atoms with Crippen molar-refractivity contribution in [3.63, 3.8) is 0 Å². The molecule has 0 spiro atoms. The third-order valence-corrected chi connectivity index (χ3v) is 2.98. The van der Waals surface area contributed by atoms with Crippen molar-refractivity contribution in [1.82, 2.24) is 14.9 Å². The number of halogens is 1. The second-order valence-electron chi connectivity index (χ2n) is 4.25. The molecule has 1 atom stereocenters. The molecule has 5 heteroatoms. The van der Waals surface area contributed by atoms with E-state index in [9.17, 15) is 4.39 Å². The Balaban J connectivity index is 1.82. The van der Waals surface area contributed by atoms with Gasteiger partial charge in [-0.3, -0.25) is 0 Å². The smallest absolute Gasteiger partial charge is 0.123 e. The Labute approximate surface area is 104 Å². The summed E-state index contributed by atoms with van der Waals surface area (Å²) in [6.45, 7) is 2.36. The van der Waals surface area contributed by atoms with Crippen molar-refractivity contribution < 1.29 is 9.13 Å². The van der Waals surface area contributed by atoms with E-state index in [0.717, 1.165) is 24.5 Å². The molecule has 0 aliphatic carbocycles. The van der Waals surface area contributed by atoms with Crippen LogP contribution in [0.15, 0.2) is 36.8 Å². The molecule has 0 bridgehead atoms. The number of morpholine rings is 1. The molecule has 1 fully saturated rings. The molecule has 1 aliphatic heterocycles. The van der Waals surface area contributed by atoms with Crippen LogP contribution in [0.1, 0.15) is 11.8 Å². The Bertz CT molecular complexity index is 517. The van der Waals surface area contributed by atoms with E-state index in [1.54, 1.807) is 18.5 Å². The van der Waals surface area contributed by atoms with Gasteiger partial charge in [0.05, 0.1) is 18.6 Å². The van der Waals surface area contributed by atoms with Crippen LogP contribution in [0.3, 0.4) is 0 Å². The lowest BCUT2D eigenvalue weighted by molar-refractivity contribution is 0.0252. The standard InChI is InChI=1S/C13H14FN3O/c14-10-1-3-11(4-2-10)17-8-12(16-9-17)13-7-15-5-6-18-13/h1-4,8-9,13,15H,5-7H2. The first kappa shape index (κ1) is 11.4. The van der Waals surface area contributed by atoms with Crippen LogP contribution in [0.5, 0.6) is 0 Å². The molecule has 1 aromatic carbocycles. The van der Waals surface area contributed by atoms with Crippen LogP contribution in [-0.4, -0.2) is 29.2 Å². The van der Waals surface area contributed by atoms with E-state index in [1.807, 2.05) is 10.8 Å². The predicted octanol–water partition coefficient (Wildman–Crippen LogP) is 1.67. The zero-order chi connectivity index (χ0) is 12.4. The van der Waals surface area contributed by atoms with Crippen LogP contribution in [0.25, 0.3) is 5.69 Å². The lowest BCUT2D eigenvalue weighted by Crippen LogP contribution is -2.33. The van der Waals surface area contributed by atoms with Gasteiger partial charge in [0.15, 0.2) is 0 Å². The molecule has 1 saturated heterocycles. The third-order valence-electron chi connectivity index (χ3n) is 2.98. The second kappa shape index (κ2) is 4.88. The summed E-state index contributed by atoms with van der Waals surface area (Å²) < 4.78 is 20.3. The van der Waals surface area contributed by atoms with Crippen molar-refractivity contribution in [3.8, 4) is 5.69 Å². The zero-order valence-electron chi connectivity index (χ0n) is 9.84. The molecule has 0 radical (unpaired) electrons. The summed E-state index contributed by atoms with van der Waals surface area (Å²) in [7, 11) is 0. The predicted molar refractivity (Wildman–Crippen MR) is 65.1 cm³/mol. The topological polar surface area (TPSA) is 39.1 Å². The van der Waals surface area contributed by atoms with E-state index in [2.05, 4.69) is 10.3 Å². The van der Waals surface area contributed by atoms with Gasteiger partial charge in [0.1, 0.15) is 11.9 Å². The van der Waals surface area contributed by atoms with Crippen LogP contribution in [0, 0.1) is 5.82 Å². The molecule has 94 valence electrons. The van der Waals surface area contributed by atoms with E-state index < -0.39 is 0 Å². The third kappa shape index (κ3) is 2.27. The van der Waals surface area contributed by atoms with Gasteiger partial charge in [-0.15, -0.1) is 0 Å². The fourth-order valence-corrected chi connectivity index (χ4v) is 2.01. The highest BCUT2D eigenvalue weighted by atomic mass is 19.1. The van der Waals surface area contributed by atoms with Crippen LogP contribution >= 0.6 is 0 Å². The molecule has 0 saturated carbocycles. The van der Waals surface area contributed by atoms with Gasteiger partial charge in [-0.25, -0.2) is 9.37 Å². The first-order valence-electron chi connectivity index (χ1n) is 5.95. The number of nitrogens with one attached hydrogen (secondary N) is 1. The highest BCUT2D eigenvalue weighted by Gasteiger charge is 2.18. The Morgan fingerprint density at radius 3 is 2.89 bits per heavy atom. The normalized spacial score (nSPS) is 19.9. The summed E-state index contributed by atoms with van der Waals surface area (Å²) in [6.07, 6.45) is 3.64. The number of benzene rings is 1. The maximum atomic E-state index is 12.8. The van der Waals surface area contributed by atoms with Crippen LogP contribution in [0.4, 0.5) is 4.39 Å². The minimum Gasteiger partial charge on any atom is -0.369 e. The minimum absolute atomic E-state index is 0.000415. The molecule has 1 unspecified atom stereocenters. The summed E-state index contributed by atoms with van der Waals surface area (Å²) >= 11 is 0. The van der Waals surface area contributed by atoms with Crippen molar-refractivity contribution >= 4 is 0 Å². The minimum atomic E-state index is -0.237. The van der Waals surface area contributed by atoms with Gasteiger partial charge in [-0.05, 0) is 24.3 Å². The number of ether oxygens (including phenoxy) is 1. The van der Waals surface area contributed by atoms with Crippen molar-refractivity contribution in [2.45, 2.75) is 6.10 Å². The van der Waals surface area contributed by atoms with Gasteiger partial charge in [0, 0.05) is 25.0 Å². The SMILES string of the molecule is Fc1ccc(-n2cnc(C3CNCCO3)c2)cc1. The Kier molecular flexibility index (Phi) is 3.08. The number of hydrogen-bond donors (Lipinski definition) is 1. The number of imidazole rings is 1. The largest absolute Gasteiger partial charge is 0.369 e. The molecule has 18 heavy (non-hydrogen) atoms. The van der Waals surface area contributed by atoms with Crippen molar-refractivity contribution in [2.24, 2.45) is 0 Å². The lowest BCUT2D eigenvalue weighted by atomic mass is 10.2. The molecule has 1 N–H and O–H groups in total. The van der Waals surface area contributed by atoms with Crippen molar-refractivity contribution in [2.75, 3.05) is 19.7 Å². The zero-order valence-corrected chi connectivity index (χ0v) is 9.84. The molecular weight excluding hydrogens is 233 g/mol. The van der Waals surface area contributed by atoms with E-state index in [4.69, 9.17) is 4.74 Å². The molecule has 2 heterocycles. The van der Waals surface area contributed by atoms with E-state index in [0.29, 0.717) is 6.61 Å². The summed E-state index contributed by atoms with van der Waals surface area (Å²) in [5.41, 5.74) is 1.78. The Morgan fingerprint density at radius 1 is 1.33 bits per heavy atom. The van der Waals surface area contributed by atoms with E-state index in [1.165, 1.54) is 12.1 Å². The maximum Gasteiger partial charge on any atom is 0.123 e. The maximum absolute atomic E-state index is 12.8. The number of nitrogens with zero attached hydrogens (tertiary/aromatic N) is 2. The highest BCUT2D eigenvalue weighted by molar-refractivity contribution is 5.32. The number of aromatic nitrogens is 2. The fourth-order valence-electron chi connectivity index (χ4n) is 2.01. The Hall–Kier alpha value is -1.72. The molecular formula is C13H14FN3O. The summed E-state index contributed by atoms with van der Waals surface area (Å²) in [5, 5.41) is 3.27. The molecule has 1 aromatic heterocycles. The summed E-state index contributed by atoms with van der Waals surface area (Å²) in [4.78, 5) is 4.34. The highest BCUT2D eigenvalue weighted by Crippen LogP contribution is 2.18.